The molecule has 142 valence electrons. The second-order valence-electron chi connectivity index (χ2n) is 5.40. The van der Waals surface area contributed by atoms with Crippen molar-refractivity contribution in [2.24, 2.45) is 0 Å². The topological polar surface area (TPSA) is 81.7 Å². The van der Waals surface area contributed by atoms with Crippen molar-refractivity contribution in [1.82, 2.24) is 0 Å². The molecule has 0 spiro atoms. The van der Waals surface area contributed by atoms with Gasteiger partial charge in [-0.2, -0.15) is 0 Å². The average Bonchev–Trinajstić information content (AvgIpc) is 2.68. The molecular weight excluding hydrogens is 393 g/mol. The van der Waals surface area contributed by atoms with Crippen LogP contribution in [0.25, 0.3) is 0 Å². The van der Waals surface area contributed by atoms with E-state index in [0.717, 1.165) is 0 Å². The number of hydrogen-bond acceptors (Lipinski definition) is 5. The van der Waals surface area contributed by atoms with Gasteiger partial charge in [0.2, 0.25) is 0 Å². The Morgan fingerprint density at radius 1 is 1.00 bits per heavy atom. The lowest BCUT2D eigenvalue weighted by Gasteiger charge is -2.09. The second-order valence-corrected chi connectivity index (χ2v) is 6.19. The second kappa shape index (κ2) is 9.94. The quantitative estimate of drug-likeness (QED) is 0.523. The van der Waals surface area contributed by atoms with Crippen LogP contribution in [0.1, 0.15) is 23.7 Å². The van der Waals surface area contributed by atoms with Crippen LogP contribution in [0, 0.1) is 0 Å². The highest BCUT2D eigenvalue weighted by molar-refractivity contribution is 6.44. The van der Waals surface area contributed by atoms with E-state index >= 15 is 0 Å². The number of ether oxygens (including phenoxy) is 2. The van der Waals surface area contributed by atoms with Gasteiger partial charge < -0.3 is 14.8 Å². The summed E-state index contributed by atoms with van der Waals surface area (Å²) in [5, 5.41) is 3.00. The molecule has 1 N–H and O–H groups in total. The lowest BCUT2D eigenvalue weighted by Crippen LogP contribution is -2.23. The highest BCUT2D eigenvalue weighted by Gasteiger charge is 2.12. The maximum atomic E-state index is 11.8. The molecule has 0 fully saturated rings. The van der Waals surface area contributed by atoms with Crippen LogP contribution in [0.4, 0.5) is 5.69 Å². The number of esters is 1. The monoisotopic (exact) mass is 409 g/mol. The van der Waals surface area contributed by atoms with Crippen LogP contribution in [-0.4, -0.2) is 30.9 Å². The fourth-order valence-corrected chi connectivity index (χ4v) is 2.41. The number of Topliss-reactive ketones (excluding diaryl/α,β-unsaturated/α-hetero) is 1. The first-order valence-corrected chi connectivity index (χ1v) is 8.82. The number of anilines is 1. The van der Waals surface area contributed by atoms with Crippen molar-refractivity contribution in [3.63, 3.8) is 0 Å². The number of halogens is 2. The van der Waals surface area contributed by atoms with Crippen molar-refractivity contribution in [1.29, 1.82) is 0 Å². The predicted molar refractivity (Wildman–Crippen MR) is 103 cm³/mol. The fourth-order valence-electron chi connectivity index (χ4n) is 2.06. The van der Waals surface area contributed by atoms with Crippen LogP contribution < -0.4 is 10.1 Å². The zero-order chi connectivity index (χ0) is 19.8. The number of carbonyl (C=O) groups excluding carboxylic acids is 3. The third kappa shape index (κ3) is 6.27. The molecule has 0 aliphatic heterocycles. The van der Waals surface area contributed by atoms with Gasteiger partial charge in [0.15, 0.2) is 19.0 Å². The Morgan fingerprint density at radius 3 is 2.37 bits per heavy atom. The van der Waals surface area contributed by atoms with Crippen LogP contribution in [0.3, 0.4) is 0 Å². The number of benzene rings is 2. The van der Waals surface area contributed by atoms with Crippen molar-refractivity contribution < 1.29 is 23.9 Å². The molecule has 1 amide bonds. The summed E-state index contributed by atoms with van der Waals surface area (Å²) < 4.78 is 10.1. The molecule has 6 nitrogen and oxygen atoms in total. The Bertz CT molecular complexity index is 836. The van der Waals surface area contributed by atoms with Crippen LogP contribution in [0.5, 0.6) is 5.75 Å². The number of ketones is 1. The molecule has 0 atom stereocenters. The number of rotatable bonds is 8. The van der Waals surface area contributed by atoms with Gasteiger partial charge in [-0.15, -0.1) is 0 Å². The normalized spacial score (nSPS) is 10.2. The third-order valence-electron chi connectivity index (χ3n) is 3.44. The Balaban J connectivity index is 1.76. The number of hydrogen-bond donors (Lipinski definition) is 1. The molecule has 2 rings (SSSR count). The molecule has 0 aliphatic rings. The van der Waals surface area contributed by atoms with E-state index < -0.39 is 18.5 Å². The van der Waals surface area contributed by atoms with E-state index in [-0.39, 0.29) is 17.4 Å². The van der Waals surface area contributed by atoms with Gasteiger partial charge >= 0.3 is 5.97 Å². The first-order chi connectivity index (χ1) is 12.9. The summed E-state index contributed by atoms with van der Waals surface area (Å²) in [6, 6.07) is 11.2. The van der Waals surface area contributed by atoms with Gasteiger partial charge in [0.25, 0.3) is 5.91 Å². The molecule has 0 saturated carbocycles. The number of amides is 1. The van der Waals surface area contributed by atoms with Gasteiger partial charge in [0, 0.05) is 12.0 Å². The van der Waals surface area contributed by atoms with Gasteiger partial charge in [-0.1, -0.05) is 36.2 Å². The standard InChI is InChI=1S/C19H17Cl2NO5/c1-2-16(23)12-6-8-13(9-7-12)26-11-18(25)27-10-17(24)22-15-5-3-4-14(20)19(15)21/h3-9H,2,10-11H2,1H3,(H,22,24). The van der Waals surface area contributed by atoms with Gasteiger partial charge in [0.05, 0.1) is 15.7 Å². The fraction of sp³-hybridized carbons (Fsp3) is 0.211. The van der Waals surface area contributed by atoms with E-state index in [0.29, 0.717) is 28.4 Å². The van der Waals surface area contributed by atoms with Crippen LogP contribution in [-0.2, 0) is 14.3 Å². The molecule has 8 heteroatoms. The first-order valence-electron chi connectivity index (χ1n) is 8.06. The summed E-state index contributed by atoms with van der Waals surface area (Å²) in [7, 11) is 0. The minimum Gasteiger partial charge on any atom is -0.482 e. The molecule has 0 heterocycles. The summed E-state index contributed by atoms with van der Waals surface area (Å²) in [6.07, 6.45) is 0.412. The lowest BCUT2D eigenvalue weighted by molar-refractivity contribution is -0.149. The molecule has 0 aliphatic carbocycles. The molecule has 0 radical (unpaired) electrons. The van der Waals surface area contributed by atoms with E-state index in [1.807, 2.05) is 0 Å². The molecule has 2 aromatic carbocycles. The Kier molecular flexibility index (Phi) is 7.64. The van der Waals surface area contributed by atoms with E-state index in [1.165, 1.54) is 0 Å². The van der Waals surface area contributed by atoms with Gasteiger partial charge in [0.1, 0.15) is 5.75 Å². The van der Waals surface area contributed by atoms with Gasteiger partial charge in [-0.25, -0.2) is 4.79 Å². The first kappa shape index (κ1) is 20.7. The summed E-state index contributed by atoms with van der Waals surface area (Å²) in [6.45, 7) is 0.917. The summed E-state index contributed by atoms with van der Waals surface area (Å²) in [5.41, 5.74) is 0.895. The van der Waals surface area contributed by atoms with Crippen molar-refractivity contribution >= 4 is 46.5 Å². The van der Waals surface area contributed by atoms with Gasteiger partial charge in [-0.3, -0.25) is 9.59 Å². The minimum absolute atomic E-state index is 0.0202. The Hall–Kier alpha value is -2.57. The molecule has 0 bridgehead atoms. The van der Waals surface area contributed by atoms with E-state index in [9.17, 15) is 14.4 Å². The number of carbonyl (C=O) groups is 3. The van der Waals surface area contributed by atoms with Crippen molar-refractivity contribution in [3.8, 4) is 5.75 Å². The van der Waals surface area contributed by atoms with Crippen molar-refractivity contribution in [2.75, 3.05) is 18.5 Å². The lowest BCUT2D eigenvalue weighted by atomic mass is 10.1. The number of nitrogens with one attached hydrogen (secondary N) is 1. The summed E-state index contributed by atoms with van der Waals surface area (Å²) in [5.74, 6) is -0.840. The SMILES string of the molecule is CCC(=O)c1ccc(OCC(=O)OCC(=O)Nc2cccc(Cl)c2Cl)cc1. The molecule has 0 aromatic heterocycles. The van der Waals surface area contributed by atoms with Crippen LogP contribution in [0.15, 0.2) is 42.5 Å². The van der Waals surface area contributed by atoms with E-state index in [2.05, 4.69) is 5.32 Å². The van der Waals surface area contributed by atoms with E-state index in [1.54, 1.807) is 49.4 Å². The average molecular weight is 410 g/mol. The zero-order valence-corrected chi connectivity index (χ0v) is 16.0. The van der Waals surface area contributed by atoms with Crippen LogP contribution in [0.2, 0.25) is 10.0 Å². The summed E-state index contributed by atoms with van der Waals surface area (Å²) in [4.78, 5) is 35.1. The molecule has 0 saturated heterocycles. The Morgan fingerprint density at radius 2 is 1.70 bits per heavy atom. The van der Waals surface area contributed by atoms with Crippen molar-refractivity contribution in [2.45, 2.75) is 13.3 Å². The van der Waals surface area contributed by atoms with Crippen LogP contribution >= 0.6 is 23.2 Å². The highest BCUT2D eigenvalue weighted by atomic mass is 35.5. The summed E-state index contributed by atoms with van der Waals surface area (Å²) >= 11 is 11.8. The maximum Gasteiger partial charge on any atom is 0.344 e. The maximum absolute atomic E-state index is 11.8. The largest absolute Gasteiger partial charge is 0.482 e. The zero-order valence-electron chi connectivity index (χ0n) is 14.5. The van der Waals surface area contributed by atoms with Crippen molar-refractivity contribution in [3.05, 3.63) is 58.1 Å². The molecular formula is C19H17Cl2NO5. The van der Waals surface area contributed by atoms with E-state index in [4.69, 9.17) is 32.7 Å². The minimum atomic E-state index is -0.712. The van der Waals surface area contributed by atoms with Gasteiger partial charge in [-0.05, 0) is 36.4 Å². The third-order valence-corrected chi connectivity index (χ3v) is 4.26. The smallest absolute Gasteiger partial charge is 0.344 e. The molecule has 27 heavy (non-hydrogen) atoms. The predicted octanol–water partition coefficient (Wildman–Crippen LogP) is 4.15. The Labute approximate surface area is 166 Å². The highest BCUT2D eigenvalue weighted by Crippen LogP contribution is 2.29. The molecule has 2 aromatic rings. The molecule has 0 unspecified atom stereocenters.